The largest absolute Gasteiger partial charge is 0.396 e. The Labute approximate surface area is 247 Å². The number of ether oxygens (including phenoxy) is 1. The Balaban J connectivity index is 3.43. The summed E-state index contributed by atoms with van der Waals surface area (Å²) in [7, 11) is 0. The van der Waals surface area contributed by atoms with Crippen molar-refractivity contribution in [2.24, 2.45) is 0 Å². The molecule has 0 amide bonds. The highest BCUT2D eigenvalue weighted by Gasteiger charge is 2.09. The molecular formula is C36H62O4. The molecule has 0 saturated heterocycles. The van der Waals surface area contributed by atoms with E-state index in [1.54, 1.807) is 0 Å². The minimum atomic E-state index is -0.364. The van der Waals surface area contributed by atoms with Crippen molar-refractivity contribution in [3.63, 3.8) is 0 Å². The third-order valence-corrected chi connectivity index (χ3v) is 6.95. The van der Waals surface area contributed by atoms with E-state index in [0.29, 0.717) is 19.4 Å². The fraction of sp³-hybridized carbons (Fsp3) is 0.722. The number of hydrogen-bond donors (Lipinski definition) is 1. The van der Waals surface area contributed by atoms with E-state index in [4.69, 9.17) is 9.84 Å². The summed E-state index contributed by atoms with van der Waals surface area (Å²) in [4.78, 5) is 23.8. The number of carbonyl (C=O) groups excluding carboxylic acids is 2. The fourth-order valence-electron chi connectivity index (χ4n) is 4.43. The van der Waals surface area contributed by atoms with E-state index < -0.39 is 0 Å². The number of aliphatic hydroxyl groups excluding tert-OH is 1. The van der Waals surface area contributed by atoms with Crippen molar-refractivity contribution in [2.45, 2.75) is 161 Å². The van der Waals surface area contributed by atoms with E-state index >= 15 is 0 Å². The van der Waals surface area contributed by atoms with Gasteiger partial charge < -0.3 is 9.84 Å². The molecule has 0 unspecified atom stereocenters. The Morgan fingerprint density at radius 2 is 0.825 bits per heavy atom. The van der Waals surface area contributed by atoms with Crippen LogP contribution in [0.15, 0.2) is 48.6 Å². The van der Waals surface area contributed by atoms with Crippen molar-refractivity contribution in [2.75, 3.05) is 6.61 Å². The lowest BCUT2D eigenvalue weighted by atomic mass is 10.1. The van der Waals surface area contributed by atoms with Gasteiger partial charge in [0.1, 0.15) is 0 Å². The molecule has 0 aromatic rings. The molecule has 4 heteroatoms. The molecule has 0 rings (SSSR count). The van der Waals surface area contributed by atoms with Crippen LogP contribution in [0.25, 0.3) is 0 Å². The predicted octanol–water partition coefficient (Wildman–Crippen LogP) is 10.7. The summed E-state index contributed by atoms with van der Waals surface area (Å²) in [5.41, 5.74) is 0. The minimum absolute atomic E-state index is 0.303. The Hall–Kier alpha value is -1.94. The summed E-state index contributed by atoms with van der Waals surface area (Å²) in [5.74, 6) is -0.726. The molecular weight excluding hydrogens is 496 g/mol. The van der Waals surface area contributed by atoms with E-state index in [1.165, 1.54) is 51.4 Å². The number of allylic oxidation sites excluding steroid dienone is 8. The zero-order chi connectivity index (χ0) is 29.2. The van der Waals surface area contributed by atoms with Crippen LogP contribution in [-0.2, 0) is 14.3 Å². The Kier molecular flexibility index (Phi) is 31.7. The second kappa shape index (κ2) is 33.3. The number of hydrogen-bond acceptors (Lipinski definition) is 4. The van der Waals surface area contributed by atoms with Gasteiger partial charge >= 0.3 is 11.9 Å². The molecule has 0 fully saturated rings. The normalized spacial score (nSPS) is 12.1. The van der Waals surface area contributed by atoms with Crippen LogP contribution in [0.2, 0.25) is 0 Å². The maximum atomic E-state index is 11.9. The number of esters is 2. The molecule has 1 N–H and O–H groups in total. The first-order valence-corrected chi connectivity index (χ1v) is 16.6. The molecule has 0 radical (unpaired) electrons. The first-order chi connectivity index (χ1) is 19.7. The van der Waals surface area contributed by atoms with Crippen LogP contribution in [0, 0.1) is 0 Å². The highest BCUT2D eigenvalue weighted by molar-refractivity contribution is 5.85. The topological polar surface area (TPSA) is 63.6 Å². The molecule has 0 spiro atoms. The highest BCUT2D eigenvalue weighted by Crippen LogP contribution is 2.11. The van der Waals surface area contributed by atoms with Gasteiger partial charge in [0.25, 0.3) is 0 Å². The molecule has 0 heterocycles. The van der Waals surface area contributed by atoms with Gasteiger partial charge in [0, 0.05) is 19.4 Å². The average molecular weight is 559 g/mol. The maximum Gasteiger partial charge on any atom is 0.313 e. The van der Waals surface area contributed by atoms with E-state index in [2.05, 4.69) is 55.5 Å². The van der Waals surface area contributed by atoms with Crippen molar-refractivity contribution >= 4 is 11.9 Å². The molecule has 0 aromatic carbocycles. The zero-order valence-electron chi connectivity index (χ0n) is 26.0. The van der Waals surface area contributed by atoms with Gasteiger partial charge in [-0.05, 0) is 83.5 Å². The first kappa shape index (κ1) is 38.1. The van der Waals surface area contributed by atoms with Crippen LogP contribution in [0.3, 0.4) is 0 Å². The Morgan fingerprint density at radius 3 is 1.23 bits per heavy atom. The fourth-order valence-corrected chi connectivity index (χ4v) is 4.43. The van der Waals surface area contributed by atoms with Gasteiger partial charge in [-0.15, -0.1) is 0 Å². The molecule has 0 aliphatic rings. The molecule has 40 heavy (non-hydrogen) atoms. The standard InChI is InChI=1S/C36H62O4/c1-2-3-4-5-6-7-8-9-11-14-17-20-23-26-29-32-35(38)40-36(39)33-30-27-24-21-18-15-12-10-13-16-19-22-25-28-31-34-37/h6-7,9-12,16,19,37H,2-5,8,13-15,17-18,20-34H2,1H3/b7-6-,11-9-,12-10-,19-16-. The van der Waals surface area contributed by atoms with Gasteiger partial charge in [-0.1, -0.05) is 113 Å². The van der Waals surface area contributed by atoms with E-state index in [-0.39, 0.29) is 11.9 Å². The second-order valence-electron chi connectivity index (χ2n) is 10.9. The Bertz CT molecular complexity index is 674. The van der Waals surface area contributed by atoms with Crippen molar-refractivity contribution < 1.29 is 19.4 Å². The Morgan fingerprint density at radius 1 is 0.475 bits per heavy atom. The molecule has 0 bridgehead atoms. The van der Waals surface area contributed by atoms with E-state index in [1.807, 2.05) is 0 Å². The number of unbranched alkanes of at least 4 members (excludes halogenated alkanes) is 16. The van der Waals surface area contributed by atoms with E-state index in [0.717, 1.165) is 89.9 Å². The predicted molar refractivity (Wildman–Crippen MR) is 171 cm³/mol. The summed E-state index contributed by atoms with van der Waals surface area (Å²) in [6, 6.07) is 0. The van der Waals surface area contributed by atoms with Gasteiger partial charge in [0.15, 0.2) is 0 Å². The summed E-state index contributed by atoms with van der Waals surface area (Å²) in [6.07, 6.45) is 43.0. The summed E-state index contributed by atoms with van der Waals surface area (Å²) < 4.78 is 4.98. The van der Waals surface area contributed by atoms with Crippen LogP contribution in [0.4, 0.5) is 0 Å². The maximum absolute atomic E-state index is 11.9. The number of carbonyl (C=O) groups is 2. The van der Waals surface area contributed by atoms with Gasteiger partial charge in [-0.25, -0.2) is 0 Å². The third-order valence-electron chi connectivity index (χ3n) is 6.95. The van der Waals surface area contributed by atoms with Gasteiger partial charge in [-0.2, -0.15) is 0 Å². The molecule has 0 aliphatic heterocycles. The van der Waals surface area contributed by atoms with E-state index in [9.17, 15) is 9.59 Å². The molecule has 230 valence electrons. The summed E-state index contributed by atoms with van der Waals surface area (Å²) >= 11 is 0. The summed E-state index contributed by atoms with van der Waals surface area (Å²) in [6.45, 7) is 2.54. The van der Waals surface area contributed by atoms with Crippen molar-refractivity contribution in [3.8, 4) is 0 Å². The zero-order valence-corrected chi connectivity index (χ0v) is 26.0. The third kappa shape index (κ3) is 32.3. The molecule has 4 nitrogen and oxygen atoms in total. The number of rotatable bonds is 29. The van der Waals surface area contributed by atoms with Crippen LogP contribution < -0.4 is 0 Å². The average Bonchev–Trinajstić information content (AvgIpc) is 2.94. The smallest absolute Gasteiger partial charge is 0.313 e. The minimum Gasteiger partial charge on any atom is -0.396 e. The summed E-state index contributed by atoms with van der Waals surface area (Å²) in [5, 5.41) is 8.75. The van der Waals surface area contributed by atoms with Crippen molar-refractivity contribution in [1.82, 2.24) is 0 Å². The molecule has 0 saturated carbocycles. The first-order valence-electron chi connectivity index (χ1n) is 16.6. The van der Waals surface area contributed by atoms with Crippen LogP contribution in [0.5, 0.6) is 0 Å². The molecule has 0 aliphatic carbocycles. The SMILES string of the molecule is CCCCC/C=C\C/C=C\CCCCCCCC(=O)OC(=O)CCCCCCC/C=C\C/C=C\CCCCCO. The van der Waals surface area contributed by atoms with Gasteiger partial charge in [-0.3, -0.25) is 9.59 Å². The van der Waals surface area contributed by atoms with Crippen molar-refractivity contribution in [1.29, 1.82) is 0 Å². The highest BCUT2D eigenvalue weighted by atomic mass is 16.6. The van der Waals surface area contributed by atoms with Gasteiger partial charge in [0.05, 0.1) is 0 Å². The second-order valence-corrected chi connectivity index (χ2v) is 10.9. The lowest BCUT2D eigenvalue weighted by Gasteiger charge is -2.04. The lowest BCUT2D eigenvalue weighted by molar-refractivity contribution is -0.159. The molecule has 0 atom stereocenters. The van der Waals surface area contributed by atoms with Crippen molar-refractivity contribution in [3.05, 3.63) is 48.6 Å². The monoisotopic (exact) mass is 558 g/mol. The van der Waals surface area contributed by atoms with Crippen LogP contribution in [0.1, 0.15) is 161 Å². The van der Waals surface area contributed by atoms with Crippen LogP contribution in [-0.4, -0.2) is 23.7 Å². The number of aliphatic hydroxyl groups is 1. The molecule has 0 aromatic heterocycles. The lowest BCUT2D eigenvalue weighted by Crippen LogP contribution is -2.11. The quantitative estimate of drug-likeness (QED) is 0.0429. The van der Waals surface area contributed by atoms with Crippen LogP contribution >= 0.6 is 0 Å². The van der Waals surface area contributed by atoms with Gasteiger partial charge in [0.2, 0.25) is 0 Å².